The Hall–Kier alpha value is 1.43. The first-order chi connectivity index (χ1) is 5.71. The van der Waals surface area contributed by atoms with E-state index in [-0.39, 0.29) is 34.7 Å². The van der Waals surface area contributed by atoms with Crippen molar-refractivity contribution in [3.05, 3.63) is 0 Å². The molecule has 0 aromatic heterocycles. The minimum atomic E-state index is -5.05. The van der Waals surface area contributed by atoms with Crippen molar-refractivity contribution in [2.75, 3.05) is 0 Å². The summed E-state index contributed by atoms with van der Waals surface area (Å²) in [6.45, 7) is 0. The molecule has 0 atom stereocenters. The Bertz CT molecular complexity index is 264. The Morgan fingerprint density at radius 3 is 0.812 bits per heavy atom. The van der Waals surface area contributed by atoms with E-state index in [9.17, 15) is 9.13 Å². The van der Waals surface area contributed by atoms with Gasteiger partial charge in [-0.25, -0.2) is 13.7 Å². The summed E-state index contributed by atoms with van der Waals surface area (Å²) in [5.74, 6) is 0. The van der Waals surface area contributed by atoms with Crippen LogP contribution in [0.25, 0.3) is 0 Å². The number of hydrogen-bond acceptors (Lipinski definition) is 4. The van der Waals surface area contributed by atoms with Crippen LogP contribution in [0.5, 0.6) is 0 Å². The molecular formula is H10AlCrO11P3. The van der Waals surface area contributed by atoms with Crippen molar-refractivity contribution in [1.29, 1.82) is 0 Å². The molecule has 0 unspecified atom stereocenters. The minimum absolute atomic E-state index is 0. The van der Waals surface area contributed by atoms with E-state index in [1.54, 1.807) is 0 Å². The molecule has 0 radical (unpaired) electrons. The Morgan fingerprint density at radius 1 is 0.688 bits per heavy atom. The molecule has 0 bridgehead atoms. The number of hydrogen-bond donors (Lipinski definition) is 7. The molecule has 0 saturated carbocycles. The second-order valence-electron chi connectivity index (χ2n) is 1.58. The molecule has 100 valence electrons. The summed E-state index contributed by atoms with van der Waals surface area (Å²) in [7, 11) is -14.7. The summed E-state index contributed by atoms with van der Waals surface area (Å²) in [6, 6.07) is 0. The van der Waals surface area contributed by atoms with Crippen molar-refractivity contribution >= 4 is 40.8 Å². The molecule has 16 heavy (non-hydrogen) atoms. The minimum Gasteiger partial charge on any atom is -0.303 e. The second-order valence-corrected chi connectivity index (χ2v) is 5.22. The average molecular weight is 358 g/mol. The Morgan fingerprint density at radius 2 is 0.812 bits per heavy atom. The third-order valence-corrected chi connectivity index (χ3v) is 1.91. The molecule has 11 nitrogen and oxygen atoms in total. The molecule has 0 amide bonds. The van der Waals surface area contributed by atoms with E-state index in [4.69, 9.17) is 38.8 Å². The van der Waals surface area contributed by atoms with Crippen LogP contribution in [-0.4, -0.2) is 51.6 Å². The average Bonchev–Trinajstić information content (AvgIpc) is 1.42. The molecule has 0 aromatic rings. The van der Waals surface area contributed by atoms with Crippen LogP contribution in [0, 0.1) is 0 Å². The van der Waals surface area contributed by atoms with Gasteiger partial charge in [0.25, 0.3) is 0 Å². The molecular weight excluding hydrogens is 348 g/mol. The topological polar surface area (TPSA) is 202 Å². The number of phosphoric acid groups is 3. The van der Waals surface area contributed by atoms with E-state index >= 15 is 0 Å². The van der Waals surface area contributed by atoms with E-state index in [1.165, 1.54) is 0 Å². The molecule has 0 aliphatic heterocycles. The monoisotopic (exact) mass is 358 g/mol. The van der Waals surface area contributed by atoms with Crippen molar-refractivity contribution in [2.24, 2.45) is 0 Å². The molecule has 0 spiro atoms. The van der Waals surface area contributed by atoms with Gasteiger partial charge in [-0.3, -0.25) is 0 Å². The molecule has 0 heterocycles. The Labute approximate surface area is 110 Å². The summed E-state index contributed by atoms with van der Waals surface area (Å²) < 4.78 is 31.1. The Kier molecular flexibility index (Phi) is 15.3. The second kappa shape index (κ2) is 9.38. The quantitative estimate of drug-likeness (QED) is 0.197. The van der Waals surface area contributed by atoms with Gasteiger partial charge in [-0.15, -0.1) is 0 Å². The molecule has 7 N–H and O–H groups in total. The van der Waals surface area contributed by atoms with Crippen LogP contribution in [-0.2, 0) is 35.4 Å². The molecule has 0 aromatic carbocycles. The van der Waals surface area contributed by atoms with Crippen LogP contribution in [0.2, 0.25) is 0 Å². The SMILES string of the molecule is O=P(O)(O)O.O=P(O)(O)OP(=O)(O)O.[AlH3].[Cr]. The van der Waals surface area contributed by atoms with Gasteiger partial charge in [-0.2, -0.15) is 4.31 Å². The first-order valence-electron chi connectivity index (χ1n) is 2.31. The smallest absolute Gasteiger partial charge is 0.303 e. The van der Waals surface area contributed by atoms with E-state index in [2.05, 4.69) is 4.31 Å². The van der Waals surface area contributed by atoms with Crippen molar-refractivity contribution in [3.63, 3.8) is 0 Å². The van der Waals surface area contributed by atoms with Crippen molar-refractivity contribution < 1.29 is 69.6 Å². The van der Waals surface area contributed by atoms with Crippen LogP contribution < -0.4 is 0 Å². The first-order valence-corrected chi connectivity index (χ1v) is 6.94. The van der Waals surface area contributed by atoms with Crippen molar-refractivity contribution in [2.45, 2.75) is 0 Å². The van der Waals surface area contributed by atoms with Gasteiger partial charge >= 0.3 is 23.5 Å². The fourth-order valence-electron chi connectivity index (χ4n) is 0.139. The third kappa shape index (κ3) is 58.2. The summed E-state index contributed by atoms with van der Waals surface area (Å²) in [6.07, 6.45) is 0. The van der Waals surface area contributed by atoms with Gasteiger partial charge < -0.3 is 34.3 Å². The molecule has 0 aliphatic carbocycles. The molecule has 0 rings (SSSR count). The van der Waals surface area contributed by atoms with E-state index in [0.717, 1.165) is 0 Å². The van der Waals surface area contributed by atoms with Crippen LogP contribution in [0.4, 0.5) is 0 Å². The fraction of sp³-hybridized carbons (Fsp3) is 0. The molecule has 16 heteroatoms. The fourth-order valence-corrected chi connectivity index (χ4v) is 1.25. The Balaban J connectivity index is -0.0000000904. The summed E-state index contributed by atoms with van der Waals surface area (Å²) in [5, 5.41) is 0. The normalized spacial score (nSPS) is 11.4. The zero-order chi connectivity index (χ0) is 12.2. The predicted molar refractivity (Wildman–Crippen MR) is 49.4 cm³/mol. The largest absolute Gasteiger partial charge is 0.478 e. The van der Waals surface area contributed by atoms with Gasteiger partial charge in [-0.05, 0) is 0 Å². The van der Waals surface area contributed by atoms with Crippen LogP contribution in [0.15, 0.2) is 0 Å². The van der Waals surface area contributed by atoms with Gasteiger partial charge in [0, 0.05) is 17.4 Å². The summed E-state index contributed by atoms with van der Waals surface area (Å²) in [5.41, 5.74) is 0. The first kappa shape index (κ1) is 26.1. The maximum atomic E-state index is 9.63. The summed E-state index contributed by atoms with van der Waals surface area (Å²) >= 11 is 0. The third-order valence-electron chi connectivity index (χ3n) is 0.213. The zero-order valence-corrected chi connectivity index (χ0v) is 10.5. The van der Waals surface area contributed by atoms with Crippen LogP contribution in [0.1, 0.15) is 0 Å². The van der Waals surface area contributed by atoms with Crippen molar-refractivity contribution in [3.8, 4) is 0 Å². The van der Waals surface area contributed by atoms with Gasteiger partial charge in [0.15, 0.2) is 17.4 Å². The summed E-state index contributed by atoms with van der Waals surface area (Å²) in [4.78, 5) is 52.6. The van der Waals surface area contributed by atoms with Gasteiger partial charge in [-0.1, -0.05) is 0 Å². The number of rotatable bonds is 2. The van der Waals surface area contributed by atoms with E-state index < -0.39 is 23.5 Å². The van der Waals surface area contributed by atoms with Crippen LogP contribution in [0.3, 0.4) is 0 Å². The molecule has 0 aliphatic rings. The maximum Gasteiger partial charge on any atom is 0.478 e. The van der Waals surface area contributed by atoms with Gasteiger partial charge in [0.05, 0.1) is 0 Å². The molecule has 0 fully saturated rings. The standard InChI is InChI=1S/Al.Cr.H4O7P2.H3O4P.3H/c;;1-8(2,3)7-9(4,5)6;1-5(2,3)4;;;/h;;(H2,1,2,3)(H2,4,5,6);(H3,1,2,3,4);;;. The van der Waals surface area contributed by atoms with Crippen LogP contribution >= 0.6 is 23.5 Å². The maximum absolute atomic E-state index is 9.63. The van der Waals surface area contributed by atoms with Gasteiger partial charge in [0.2, 0.25) is 0 Å². The van der Waals surface area contributed by atoms with Crippen molar-refractivity contribution in [1.82, 2.24) is 0 Å². The molecule has 0 saturated heterocycles. The predicted octanol–water partition coefficient (Wildman–Crippen LogP) is -2.93. The zero-order valence-electron chi connectivity index (χ0n) is 6.51. The van der Waals surface area contributed by atoms with E-state index in [0.29, 0.717) is 0 Å². The van der Waals surface area contributed by atoms with E-state index in [1.807, 2.05) is 0 Å². The van der Waals surface area contributed by atoms with Gasteiger partial charge in [0.1, 0.15) is 0 Å².